The zero-order valence-corrected chi connectivity index (χ0v) is 14.3. The normalized spacial score (nSPS) is 20.2. The first-order valence-corrected chi connectivity index (χ1v) is 8.81. The minimum Gasteiger partial charge on any atom is -0.463 e. The van der Waals surface area contributed by atoms with Gasteiger partial charge in [0.15, 0.2) is 5.65 Å². The van der Waals surface area contributed by atoms with Gasteiger partial charge in [0.1, 0.15) is 11.6 Å². The van der Waals surface area contributed by atoms with Gasteiger partial charge in [-0.15, -0.1) is 5.10 Å². The van der Waals surface area contributed by atoms with Crippen LogP contribution in [0.25, 0.3) is 16.9 Å². The number of hydrogen-bond acceptors (Lipinski definition) is 5. The highest BCUT2D eigenvalue weighted by Gasteiger charge is 2.19. The summed E-state index contributed by atoms with van der Waals surface area (Å²) in [6.07, 6.45) is 5.07. The number of benzene rings is 1. The lowest BCUT2D eigenvalue weighted by Gasteiger charge is -2.26. The second-order valence-corrected chi connectivity index (χ2v) is 6.56. The number of nitrogens with zero attached hydrogens (tertiary/aromatic N) is 3. The Bertz CT molecular complexity index is 890. The van der Waals surface area contributed by atoms with Gasteiger partial charge in [-0.2, -0.15) is 0 Å². The zero-order valence-electron chi connectivity index (χ0n) is 14.3. The first-order valence-electron chi connectivity index (χ1n) is 8.81. The number of anilines is 1. The molecule has 136 valence electrons. The van der Waals surface area contributed by atoms with Crippen LogP contribution in [0, 0.1) is 0 Å². The number of aliphatic hydroxyl groups excluding tert-OH is 1. The number of aliphatic hydroxyl groups is 1. The lowest BCUT2D eigenvalue weighted by molar-refractivity contribution is 0.126. The van der Waals surface area contributed by atoms with Crippen molar-refractivity contribution in [3.63, 3.8) is 0 Å². The number of aromatic nitrogens is 3. The summed E-state index contributed by atoms with van der Waals surface area (Å²) in [6.45, 7) is -0.862. The predicted octanol–water partition coefficient (Wildman–Crippen LogP) is 3.42. The molecule has 0 amide bonds. The molecule has 1 aliphatic carbocycles. The van der Waals surface area contributed by atoms with E-state index in [0.29, 0.717) is 11.8 Å². The number of imidazole rings is 1. The second-order valence-electron chi connectivity index (χ2n) is 6.56. The van der Waals surface area contributed by atoms with E-state index in [1.807, 2.05) is 24.3 Å². The number of halogens is 1. The molecule has 1 aromatic carbocycles. The van der Waals surface area contributed by atoms with Crippen molar-refractivity contribution in [2.75, 3.05) is 12.2 Å². The Hall–Kier alpha value is -2.67. The molecule has 0 atom stereocenters. The molecule has 0 radical (unpaired) electrons. The van der Waals surface area contributed by atoms with Crippen LogP contribution in [0.1, 0.15) is 25.7 Å². The van der Waals surface area contributed by atoms with Crippen molar-refractivity contribution in [1.29, 1.82) is 0 Å². The first kappa shape index (κ1) is 16.8. The van der Waals surface area contributed by atoms with E-state index >= 15 is 0 Å². The van der Waals surface area contributed by atoms with Crippen LogP contribution in [0.4, 0.5) is 10.2 Å². The van der Waals surface area contributed by atoms with Crippen molar-refractivity contribution in [2.45, 2.75) is 37.8 Å². The molecule has 4 rings (SSSR count). The van der Waals surface area contributed by atoms with Gasteiger partial charge in [0.2, 0.25) is 6.86 Å². The summed E-state index contributed by atoms with van der Waals surface area (Å²) in [5.74, 6) is 1.24. The predicted molar refractivity (Wildman–Crippen MR) is 96.9 cm³/mol. The molecule has 1 aliphatic rings. The molecule has 0 spiro atoms. The lowest BCUT2D eigenvalue weighted by atomic mass is 9.93. The summed E-state index contributed by atoms with van der Waals surface area (Å²) in [5.41, 5.74) is 2.40. The van der Waals surface area contributed by atoms with E-state index in [0.717, 1.165) is 48.4 Å². The number of hydrogen-bond donors (Lipinski definition) is 2. The highest BCUT2D eigenvalue weighted by Crippen LogP contribution is 2.26. The van der Waals surface area contributed by atoms with E-state index < -0.39 is 6.86 Å². The summed E-state index contributed by atoms with van der Waals surface area (Å²) >= 11 is 0. The van der Waals surface area contributed by atoms with Gasteiger partial charge in [0.25, 0.3) is 0 Å². The molecule has 0 unspecified atom stereocenters. The van der Waals surface area contributed by atoms with E-state index in [1.165, 1.54) is 0 Å². The van der Waals surface area contributed by atoms with Gasteiger partial charge >= 0.3 is 0 Å². The molecule has 0 bridgehead atoms. The zero-order chi connectivity index (χ0) is 17.9. The van der Waals surface area contributed by atoms with Crippen LogP contribution in [0.3, 0.4) is 0 Å². The van der Waals surface area contributed by atoms with Gasteiger partial charge in [0.05, 0.1) is 18.0 Å². The van der Waals surface area contributed by atoms with Crippen molar-refractivity contribution in [3.05, 3.63) is 42.6 Å². The Morgan fingerprint density at radius 2 is 2.04 bits per heavy atom. The fourth-order valence-electron chi connectivity index (χ4n) is 3.38. The second kappa shape index (κ2) is 7.29. The third kappa shape index (κ3) is 3.48. The molecule has 26 heavy (non-hydrogen) atoms. The average molecular weight is 356 g/mol. The van der Waals surface area contributed by atoms with Crippen molar-refractivity contribution >= 4 is 11.5 Å². The summed E-state index contributed by atoms with van der Waals surface area (Å²) in [4.78, 5) is 4.39. The quantitative estimate of drug-likeness (QED) is 0.733. The smallest absolute Gasteiger partial charge is 0.228 e. The fraction of sp³-hybridized carbons (Fsp3) is 0.368. The third-order valence-electron chi connectivity index (χ3n) is 4.76. The fourth-order valence-corrected chi connectivity index (χ4v) is 3.38. The van der Waals surface area contributed by atoms with Gasteiger partial charge in [-0.3, -0.25) is 0 Å². The maximum absolute atomic E-state index is 12.4. The summed E-state index contributed by atoms with van der Waals surface area (Å²) in [6, 6.07) is 11.4. The largest absolute Gasteiger partial charge is 0.463 e. The minimum atomic E-state index is -0.862. The summed E-state index contributed by atoms with van der Waals surface area (Å²) < 4.78 is 19.1. The first-order chi connectivity index (χ1) is 12.7. The highest BCUT2D eigenvalue weighted by molar-refractivity contribution is 5.65. The SMILES string of the molecule is OC1CCC(Nc2ccc3ncc(-c4cccc(OCF)c4)n3n2)CC1. The van der Waals surface area contributed by atoms with E-state index in [9.17, 15) is 9.50 Å². The molecule has 2 aromatic heterocycles. The minimum absolute atomic E-state index is 0.178. The summed E-state index contributed by atoms with van der Waals surface area (Å²) in [7, 11) is 0. The Labute approximate surface area is 150 Å². The molecule has 3 aromatic rings. The van der Waals surface area contributed by atoms with Crippen LogP contribution in [-0.2, 0) is 0 Å². The molecule has 0 aliphatic heterocycles. The monoisotopic (exact) mass is 356 g/mol. The van der Waals surface area contributed by atoms with Crippen molar-refractivity contribution < 1.29 is 14.2 Å². The van der Waals surface area contributed by atoms with Gasteiger partial charge < -0.3 is 15.2 Å². The van der Waals surface area contributed by atoms with Crippen LogP contribution in [0.15, 0.2) is 42.6 Å². The van der Waals surface area contributed by atoms with Gasteiger partial charge in [0, 0.05) is 11.6 Å². The van der Waals surface area contributed by atoms with E-state index in [4.69, 9.17) is 4.74 Å². The lowest BCUT2D eigenvalue weighted by Crippen LogP contribution is -2.28. The Morgan fingerprint density at radius 3 is 2.85 bits per heavy atom. The molecule has 1 saturated carbocycles. The summed E-state index contributed by atoms with van der Waals surface area (Å²) in [5, 5.41) is 17.8. The van der Waals surface area contributed by atoms with E-state index in [-0.39, 0.29) is 6.10 Å². The molecular formula is C19H21FN4O2. The van der Waals surface area contributed by atoms with Gasteiger partial charge in [-0.05, 0) is 49.9 Å². The Morgan fingerprint density at radius 1 is 1.19 bits per heavy atom. The van der Waals surface area contributed by atoms with Gasteiger partial charge in [-0.25, -0.2) is 13.9 Å². The van der Waals surface area contributed by atoms with Crippen molar-refractivity contribution in [2.24, 2.45) is 0 Å². The van der Waals surface area contributed by atoms with E-state index in [1.54, 1.807) is 22.8 Å². The topological polar surface area (TPSA) is 71.7 Å². The molecular weight excluding hydrogens is 335 g/mol. The maximum atomic E-state index is 12.4. The number of alkyl halides is 1. The van der Waals surface area contributed by atoms with Gasteiger partial charge in [-0.1, -0.05) is 12.1 Å². The van der Waals surface area contributed by atoms with Crippen LogP contribution in [0.5, 0.6) is 5.75 Å². The third-order valence-corrected chi connectivity index (χ3v) is 4.76. The number of nitrogens with one attached hydrogen (secondary N) is 1. The van der Waals surface area contributed by atoms with Crippen molar-refractivity contribution in [3.8, 4) is 17.0 Å². The molecule has 2 heterocycles. The van der Waals surface area contributed by atoms with Crippen LogP contribution in [-0.4, -0.2) is 38.7 Å². The molecule has 2 N–H and O–H groups in total. The Balaban J connectivity index is 1.61. The van der Waals surface area contributed by atoms with E-state index in [2.05, 4.69) is 15.4 Å². The average Bonchev–Trinajstić information content (AvgIpc) is 3.07. The maximum Gasteiger partial charge on any atom is 0.228 e. The standard InChI is InChI=1S/C19H21FN4O2/c20-12-26-16-3-1-2-13(10-16)17-11-21-19-9-8-18(23-24(17)19)22-14-4-6-15(25)7-5-14/h1-3,8-11,14-15,25H,4-7,12H2,(H,22,23). The number of rotatable bonds is 5. The Kier molecular flexibility index (Phi) is 4.71. The highest BCUT2D eigenvalue weighted by atomic mass is 19.1. The number of ether oxygens (including phenoxy) is 1. The molecule has 0 saturated heterocycles. The van der Waals surface area contributed by atoms with Crippen molar-refractivity contribution in [1.82, 2.24) is 14.6 Å². The molecule has 6 nitrogen and oxygen atoms in total. The molecule has 7 heteroatoms. The number of fused-ring (bicyclic) bond motifs is 1. The van der Waals surface area contributed by atoms with Crippen LogP contribution < -0.4 is 10.1 Å². The molecule has 1 fully saturated rings. The van der Waals surface area contributed by atoms with Crippen LogP contribution >= 0.6 is 0 Å². The van der Waals surface area contributed by atoms with Crippen LogP contribution in [0.2, 0.25) is 0 Å².